The molecule has 0 saturated heterocycles. The lowest BCUT2D eigenvalue weighted by Gasteiger charge is -2.12. The summed E-state index contributed by atoms with van der Waals surface area (Å²) in [5, 5.41) is 10.8. The van der Waals surface area contributed by atoms with Gasteiger partial charge >= 0.3 is 0 Å². The number of ketones is 1. The van der Waals surface area contributed by atoms with Crippen molar-refractivity contribution in [1.29, 1.82) is 0 Å². The summed E-state index contributed by atoms with van der Waals surface area (Å²) in [5.41, 5.74) is 1.07. The van der Waals surface area contributed by atoms with Crippen LogP contribution in [0, 0.1) is 0 Å². The van der Waals surface area contributed by atoms with Gasteiger partial charge < -0.3 is 10.0 Å². The molecular weight excluding hydrogens is 320 g/mol. The minimum atomic E-state index is -0.560. The van der Waals surface area contributed by atoms with E-state index in [1.165, 1.54) is 18.5 Å². The van der Waals surface area contributed by atoms with Gasteiger partial charge in [0.15, 0.2) is 5.78 Å². The highest BCUT2D eigenvalue weighted by atomic mass is 16.3. The highest BCUT2D eigenvalue weighted by Crippen LogP contribution is 2.29. The smallest absolute Gasteiger partial charge is 0.266 e. The zero-order valence-electron chi connectivity index (χ0n) is 14.4. The van der Waals surface area contributed by atoms with Gasteiger partial charge in [0.05, 0.1) is 5.39 Å². The summed E-state index contributed by atoms with van der Waals surface area (Å²) in [6.45, 7) is 1.25. The number of nitrogens with zero attached hydrogens (tertiary/aromatic N) is 4. The summed E-state index contributed by atoms with van der Waals surface area (Å²) in [7, 11) is 5.33. The van der Waals surface area contributed by atoms with Crippen molar-refractivity contribution in [3.05, 3.63) is 46.5 Å². The van der Waals surface area contributed by atoms with Crippen molar-refractivity contribution in [3.63, 3.8) is 0 Å². The topological polar surface area (TPSA) is 88.3 Å². The Morgan fingerprint density at radius 2 is 1.84 bits per heavy atom. The van der Waals surface area contributed by atoms with Crippen LogP contribution in [0.4, 0.5) is 5.82 Å². The van der Waals surface area contributed by atoms with E-state index in [0.29, 0.717) is 11.0 Å². The number of carbonyl (C=O) groups is 1. The number of fused-ring (bicyclic) bond motifs is 1. The number of rotatable bonds is 3. The third-order valence-corrected chi connectivity index (χ3v) is 4.09. The normalized spacial score (nSPS) is 10.9. The van der Waals surface area contributed by atoms with Crippen LogP contribution >= 0.6 is 0 Å². The number of hydrogen-bond donors (Lipinski definition) is 1. The largest absolute Gasteiger partial charge is 0.506 e. The van der Waals surface area contributed by atoms with E-state index < -0.39 is 11.3 Å². The highest BCUT2D eigenvalue weighted by molar-refractivity contribution is 6.02. The van der Waals surface area contributed by atoms with Crippen molar-refractivity contribution < 1.29 is 9.90 Å². The van der Waals surface area contributed by atoms with Gasteiger partial charge in [0.2, 0.25) is 0 Å². The van der Waals surface area contributed by atoms with Crippen molar-refractivity contribution >= 4 is 22.6 Å². The number of aromatic hydroxyl groups is 1. The summed E-state index contributed by atoms with van der Waals surface area (Å²) < 4.78 is 1.27. The quantitative estimate of drug-likeness (QED) is 0.735. The van der Waals surface area contributed by atoms with E-state index in [0.717, 1.165) is 16.9 Å². The van der Waals surface area contributed by atoms with E-state index in [9.17, 15) is 14.7 Å². The molecule has 3 aromatic heterocycles. The third kappa shape index (κ3) is 2.73. The van der Waals surface area contributed by atoms with Crippen molar-refractivity contribution in [3.8, 4) is 16.9 Å². The summed E-state index contributed by atoms with van der Waals surface area (Å²) in [5.74, 6) is 0.00170. The zero-order chi connectivity index (χ0) is 18.3. The Hall–Kier alpha value is -3.22. The predicted molar refractivity (Wildman–Crippen MR) is 96.2 cm³/mol. The summed E-state index contributed by atoms with van der Waals surface area (Å²) in [6.07, 6.45) is 3.32. The van der Waals surface area contributed by atoms with Crippen molar-refractivity contribution in [2.75, 3.05) is 19.0 Å². The molecule has 0 unspecified atom stereocenters. The lowest BCUT2D eigenvalue weighted by Crippen LogP contribution is -2.24. The number of Topliss-reactive ketones (excluding diaryl/α,β-unsaturated/α-hetero) is 1. The number of pyridine rings is 3. The molecule has 0 aromatic carbocycles. The van der Waals surface area contributed by atoms with E-state index in [4.69, 9.17) is 0 Å². The molecule has 7 nitrogen and oxygen atoms in total. The van der Waals surface area contributed by atoms with Crippen LogP contribution in [0.2, 0.25) is 0 Å². The predicted octanol–water partition coefficient (Wildman–Crippen LogP) is 1.97. The second-order valence-corrected chi connectivity index (χ2v) is 6.04. The van der Waals surface area contributed by atoms with Gasteiger partial charge in [-0.15, -0.1) is 0 Å². The van der Waals surface area contributed by atoms with Crippen LogP contribution in [0.25, 0.3) is 22.2 Å². The van der Waals surface area contributed by atoms with Crippen molar-refractivity contribution in [2.24, 2.45) is 7.05 Å². The van der Waals surface area contributed by atoms with E-state index in [-0.39, 0.29) is 11.3 Å². The van der Waals surface area contributed by atoms with Gasteiger partial charge in [-0.25, -0.2) is 9.97 Å². The van der Waals surface area contributed by atoms with E-state index >= 15 is 0 Å². The van der Waals surface area contributed by atoms with Crippen LogP contribution in [0.5, 0.6) is 5.75 Å². The molecule has 0 aliphatic heterocycles. The van der Waals surface area contributed by atoms with Crippen LogP contribution in [-0.4, -0.2) is 39.5 Å². The van der Waals surface area contributed by atoms with Gasteiger partial charge in [-0.05, 0) is 25.1 Å². The highest BCUT2D eigenvalue weighted by Gasteiger charge is 2.19. The Morgan fingerprint density at radius 3 is 2.40 bits per heavy atom. The molecule has 3 aromatic rings. The Balaban J connectivity index is 2.23. The maximum atomic E-state index is 12.2. The molecule has 0 amide bonds. The molecule has 0 bridgehead atoms. The van der Waals surface area contributed by atoms with Gasteiger partial charge in [0.25, 0.3) is 5.56 Å². The van der Waals surface area contributed by atoms with E-state index in [1.54, 1.807) is 18.5 Å². The molecule has 0 aliphatic carbocycles. The van der Waals surface area contributed by atoms with Crippen LogP contribution in [-0.2, 0) is 7.05 Å². The molecule has 25 heavy (non-hydrogen) atoms. The maximum Gasteiger partial charge on any atom is 0.266 e. The Labute approximate surface area is 144 Å². The van der Waals surface area contributed by atoms with Crippen LogP contribution in [0.15, 0.2) is 35.4 Å². The first-order valence-electron chi connectivity index (χ1n) is 7.67. The van der Waals surface area contributed by atoms with Gasteiger partial charge in [-0.1, -0.05) is 0 Å². The molecule has 7 heteroatoms. The van der Waals surface area contributed by atoms with Gasteiger partial charge in [0.1, 0.15) is 22.8 Å². The fourth-order valence-electron chi connectivity index (χ4n) is 2.70. The fourth-order valence-corrected chi connectivity index (χ4v) is 2.70. The number of hydrogen-bond acceptors (Lipinski definition) is 6. The van der Waals surface area contributed by atoms with E-state index in [1.807, 2.05) is 31.1 Å². The molecule has 0 saturated carbocycles. The molecule has 0 fully saturated rings. The summed E-state index contributed by atoms with van der Waals surface area (Å²) in [4.78, 5) is 34.5. The first kappa shape index (κ1) is 16.6. The minimum Gasteiger partial charge on any atom is -0.506 e. The number of aryl methyl sites for hydroxylation is 1. The second kappa shape index (κ2) is 6.01. The Bertz CT molecular complexity index is 1040. The average molecular weight is 338 g/mol. The van der Waals surface area contributed by atoms with Crippen LogP contribution in [0.3, 0.4) is 0 Å². The number of carbonyl (C=O) groups excluding carboxylic acids is 1. The van der Waals surface area contributed by atoms with Crippen molar-refractivity contribution in [1.82, 2.24) is 14.5 Å². The summed E-state index contributed by atoms with van der Waals surface area (Å²) in [6, 6.07) is 5.48. The monoisotopic (exact) mass is 338 g/mol. The lowest BCUT2D eigenvalue weighted by atomic mass is 10.1. The SMILES string of the molecule is CC(=O)c1c(O)c2cc(-c3ccc(N(C)C)nc3)cnc2n(C)c1=O. The second-order valence-electron chi connectivity index (χ2n) is 6.04. The van der Waals surface area contributed by atoms with Crippen LogP contribution in [0.1, 0.15) is 17.3 Å². The van der Waals surface area contributed by atoms with Crippen molar-refractivity contribution in [2.45, 2.75) is 6.92 Å². The molecule has 0 atom stereocenters. The maximum absolute atomic E-state index is 12.2. The average Bonchev–Trinajstić information content (AvgIpc) is 2.59. The van der Waals surface area contributed by atoms with Gasteiger partial charge in [-0.2, -0.15) is 0 Å². The van der Waals surface area contributed by atoms with Gasteiger partial charge in [0, 0.05) is 44.7 Å². The third-order valence-electron chi connectivity index (χ3n) is 4.09. The lowest BCUT2D eigenvalue weighted by molar-refractivity contribution is 0.101. The van der Waals surface area contributed by atoms with Crippen LogP contribution < -0.4 is 10.5 Å². The minimum absolute atomic E-state index is 0.227. The molecule has 1 N–H and O–H groups in total. The number of anilines is 1. The molecular formula is C18H18N4O3. The fraction of sp³-hybridized carbons (Fsp3) is 0.222. The standard InChI is InChI=1S/C18H18N4O3/c1-10(23)15-16(24)13-7-12(9-20-17(13)22(4)18(15)25)11-5-6-14(19-8-11)21(2)3/h5-9,24H,1-4H3. The number of aromatic nitrogens is 3. The Kier molecular flexibility index (Phi) is 4.00. The molecule has 0 aliphatic rings. The van der Waals surface area contributed by atoms with E-state index in [2.05, 4.69) is 9.97 Å². The molecule has 128 valence electrons. The summed E-state index contributed by atoms with van der Waals surface area (Å²) >= 11 is 0. The first-order chi connectivity index (χ1) is 11.8. The molecule has 3 rings (SSSR count). The zero-order valence-corrected chi connectivity index (χ0v) is 14.4. The Morgan fingerprint density at radius 1 is 1.16 bits per heavy atom. The molecule has 0 spiro atoms. The molecule has 0 radical (unpaired) electrons. The molecule has 3 heterocycles. The first-order valence-corrected chi connectivity index (χ1v) is 7.67. The van der Waals surface area contributed by atoms with Gasteiger partial charge in [-0.3, -0.25) is 14.2 Å².